The van der Waals surface area contributed by atoms with Crippen LogP contribution in [-0.2, 0) is 4.79 Å². The van der Waals surface area contributed by atoms with Gasteiger partial charge in [0, 0.05) is 18.3 Å². The van der Waals surface area contributed by atoms with Gasteiger partial charge in [0.05, 0.1) is 6.54 Å². The third kappa shape index (κ3) is 3.94. The van der Waals surface area contributed by atoms with Gasteiger partial charge < -0.3 is 10.7 Å². The van der Waals surface area contributed by atoms with Gasteiger partial charge in [0.1, 0.15) is 0 Å². The van der Waals surface area contributed by atoms with Crippen molar-refractivity contribution in [3.05, 3.63) is 12.4 Å². The summed E-state index contributed by atoms with van der Waals surface area (Å²) in [5, 5.41) is 1.44. The summed E-state index contributed by atoms with van der Waals surface area (Å²) in [5.41, 5.74) is 6.16. The molecule has 0 heterocycles. The van der Waals surface area contributed by atoms with E-state index in [0.717, 1.165) is 36.0 Å². The second kappa shape index (κ2) is 9.22. The fourth-order valence-corrected chi connectivity index (χ4v) is 8.45. The van der Waals surface area contributed by atoms with Crippen molar-refractivity contribution in [1.82, 2.24) is 5.01 Å². The van der Waals surface area contributed by atoms with Crippen molar-refractivity contribution in [1.29, 1.82) is 0 Å². The van der Waals surface area contributed by atoms with Crippen LogP contribution >= 0.6 is 0 Å². The number of nitrogens with two attached hydrogens (primary N) is 2. The van der Waals surface area contributed by atoms with Crippen LogP contribution in [0.3, 0.4) is 0 Å². The van der Waals surface area contributed by atoms with Crippen molar-refractivity contribution in [2.75, 3.05) is 6.54 Å². The smallest absolute Gasteiger partial charge is 0.157 e. The van der Waals surface area contributed by atoms with Crippen LogP contribution in [0.15, 0.2) is 12.4 Å². The van der Waals surface area contributed by atoms with Gasteiger partial charge in [-0.25, -0.2) is 5.84 Å². The molecule has 0 saturated heterocycles. The molecule has 0 amide bonds. The number of ketones is 1. The molecule has 8 unspecified atom stereocenters. The Balaban J connectivity index is 0.00000124. The first-order chi connectivity index (χ1) is 14.3. The lowest BCUT2D eigenvalue weighted by atomic mass is 9.44. The molecule has 0 radical (unpaired) electrons. The zero-order chi connectivity index (χ0) is 22.1. The van der Waals surface area contributed by atoms with Gasteiger partial charge >= 0.3 is 0 Å². The molecule has 4 heteroatoms. The molecule has 30 heavy (non-hydrogen) atoms. The zero-order valence-electron chi connectivity index (χ0n) is 20.2. The monoisotopic (exact) mass is 417 g/mol. The third-order valence-electron chi connectivity index (χ3n) is 9.93. The molecule has 4 N–H and O–H groups in total. The molecule has 0 bridgehead atoms. The maximum atomic E-state index is 13.1. The highest BCUT2D eigenvalue weighted by atomic mass is 16.1. The van der Waals surface area contributed by atoms with Crippen LogP contribution in [0.4, 0.5) is 0 Å². The Morgan fingerprint density at radius 3 is 2.37 bits per heavy atom. The maximum Gasteiger partial charge on any atom is 0.157 e. The molecule has 172 valence electrons. The molecule has 0 aromatic heterocycles. The normalized spacial score (nSPS) is 45.0. The van der Waals surface area contributed by atoms with Crippen LogP contribution < -0.4 is 11.6 Å². The average molecular weight is 418 g/mol. The first-order valence-corrected chi connectivity index (χ1v) is 12.7. The van der Waals surface area contributed by atoms with Gasteiger partial charge in [0.15, 0.2) is 5.78 Å². The molecule has 8 atom stereocenters. The number of hydrogen-bond donors (Lipinski definition) is 2. The topological polar surface area (TPSA) is 72.3 Å². The minimum Gasteiger partial charge on any atom is -0.403 e. The number of rotatable bonds is 4. The summed E-state index contributed by atoms with van der Waals surface area (Å²) in [6.07, 6.45) is 15.0. The Labute approximate surface area is 185 Å². The maximum absolute atomic E-state index is 13.1. The van der Waals surface area contributed by atoms with Gasteiger partial charge in [-0.05, 0) is 91.8 Å². The summed E-state index contributed by atoms with van der Waals surface area (Å²) < 4.78 is 0. The quantitative estimate of drug-likeness (QED) is 0.469. The third-order valence-corrected chi connectivity index (χ3v) is 9.93. The average Bonchev–Trinajstić information content (AvgIpc) is 3.07. The Morgan fingerprint density at radius 1 is 1.00 bits per heavy atom. The van der Waals surface area contributed by atoms with Gasteiger partial charge in [-0.1, -0.05) is 41.0 Å². The van der Waals surface area contributed by atoms with E-state index in [2.05, 4.69) is 20.8 Å². The molecule has 0 spiro atoms. The molecule has 4 saturated carbocycles. The fourth-order valence-electron chi connectivity index (χ4n) is 8.45. The Morgan fingerprint density at radius 2 is 1.67 bits per heavy atom. The fraction of sp³-hybridized carbons (Fsp3) is 0.885. The highest BCUT2D eigenvalue weighted by Crippen LogP contribution is 2.67. The molecule has 4 aliphatic carbocycles. The summed E-state index contributed by atoms with van der Waals surface area (Å²) >= 11 is 0. The lowest BCUT2D eigenvalue weighted by Gasteiger charge is -2.61. The zero-order valence-corrected chi connectivity index (χ0v) is 20.2. The van der Waals surface area contributed by atoms with E-state index in [1.807, 2.05) is 13.8 Å². The molecule has 4 fully saturated rings. The van der Waals surface area contributed by atoms with E-state index in [1.165, 1.54) is 62.6 Å². The molecule has 4 rings (SSSR count). The first kappa shape index (κ1) is 23.6. The molecular formula is C26H47N3O. The summed E-state index contributed by atoms with van der Waals surface area (Å²) in [6, 6.07) is 0. The number of nitrogens with zero attached hydrogens (tertiary/aromatic N) is 1. The number of Topliss-reactive ketones (excluding diaryl/α,β-unsaturated/α-hetero) is 1. The van der Waals surface area contributed by atoms with Gasteiger partial charge in [-0.2, -0.15) is 0 Å². The Hall–Kier alpha value is -1.03. The van der Waals surface area contributed by atoms with E-state index in [9.17, 15) is 4.79 Å². The van der Waals surface area contributed by atoms with Crippen LogP contribution in [0.25, 0.3) is 0 Å². The van der Waals surface area contributed by atoms with E-state index >= 15 is 0 Å². The Kier molecular flexibility index (Phi) is 7.26. The first-order valence-electron chi connectivity index (χ1n) is 12.7. The van der Waals surface area contributed by atoms with E-state index < -0.39 is 0 Å². The highest BCUT2D eigenvalue weighted by Gasteiger charge is 2.60. The molecule has 0 aromatic rings. The van der Waals surface area contributed by atoms with Crippen LogP contribution in [0, 0.1) is 46.3 Å². The van der Waals surface area contributed by atoms with Crippen LogP contribution in [0.2, 0.25) is 0 Å². The standard InChI is InChI=1S/C24H41N3O.C2H6/c1-16-8-10-23(2)17(14-16)4-5-18-19-6-7-21(22(28)15-27(26)13-12-25)24(19,3)11-9-20(18)23;1-2/h12-13,16-21H,4-11,14-15,25-26H2,1-3H3;1-2H3/b13-12-;. The van der Waals surface area contributed by atoms with Crippen LogP contribution in [-0.4, -0.2) is 17.3 Å². The van der Waals surface area contributed by atoms with E-state index in [0.29, 0.717) is 11.2 Å². The van der Waals surface area contributed by atoms with Gasteiger partial charge in [0.25, 0.3) is 0 Å². The number of carbonyl (C=O) groups is 1. The minimum atomic E-state index is 0.174. The van der Waals surface area contributed by atoms with Crippen molar-refractivity contribution in [2.24, 2.45) is 57.9 Å². The van der Waals surface area contributed by atoms with Crippen LogP contribution in [0.1, 0.15) is 92.4 Å². The SMILES string of the molecule is CC.CC1CCC2(C)C(CCC3C2CCC2(C)C(C(=O)CN(N)/C=C\N)CCC32)C1. The van der Waals surface area contributed by atoms with Gasteiger partial charge in [0.2, 0.25) is 0 Å². The second-order valence-corrected chi connectivity index (χ2v) is 11.2. The minimum absolute atomic E-state index is 0.174. The molecule has 0 aromatic carbocycles. The number of fused-ring (bicyclic) bond motifs is 5. The predicted molar refractivity (Wildman–Crippen MR) is 125 cm³/mol. The lowest BCUT2D eigenvalue weighted by Crippen LogP contribution is -2.54. The number of hydrazine groups is 1. The molecular weight excluding hydrogens is 370 g/mol. The lowest BCUT2D eigenvalue weighted by molar-refractivity contribution is -0.137. The van der Waals surface area contributed by atoms with Crippen molar-refractivity contribution < 1.29 is 4.79 Å². The molecule has 4 nitrogen and oxygen atoms in total. The van der Waals surface area contributed by atoms with Crippen molar-refractivity contribution >= 4 is 5.78 Å². The van der Waals surface area contributed by atoms with Crippen molar-refractivity contribution in [2.45, 2.75) is 92.4 Å². The van der Waals surface area contributed by atoms with E-state index in [4.69, 9.17) is 11.6 Å². The van der Waals surface area contributed by atoms with E-state index in [1.54, 1.807) is 6.20 Å². The summed E-state index contributed by atoms with van der Waals surface area (Å²) in [4.78, 5) is 13.1. The van der Waals surface area contributed by atoms with E-state index in [-0.39, 0.29) is 17.9 Å². The van der Waals surface area contributed by atoms with Crippen LogP contribution in [0.5, 0.6) is 0 Å². The van der Waals surface area contributed by atoms with Crippen molar-refractivity contribution in [3.63, 3.8) is 0 Å². The number of hydrogen-bond acceptors (Lipinski definition) is 4. The second-order valence-electron chi connectivity index (χ2n) is 11.2. The number of carbonyl (C=O) groups excluding carboxylic acids is 1. The summed E-state index contributed by atoms with van der Waals surface area (Å²) in [5.74, 6) is 10.7. The molecule has 4 aliphatic rings. The predicted octanol–water partition coefficient (Wildman–Crippen LogP) is 5.48. The van der Waals surface area contributed by atoms with Crippen molar-refractivity contribution in [3.8, 4) is 0 Å². The summed E-state index contributed by atoms with van der Waals surface area (Å²) in [6.45, 7) is 11.8. The molecule has 0 aliphatic heterocycles. The van der Waals surface area contributed by atoms with Gasteiger partial charge in [-0.15, -0.1) is 0 Å². The largest absolute Gasteiger partial charge is 0.403 e. The highest BCUT2D eigenvalue weighted by molar-refractivity contribution is 5.84. The van der Waals surface area contributed by atoms with Gasteiger partial charge in [-0.3, -0.25) is 4.79 Å². The Bertz CT molecular complexity index is 634. The summed E-state index contributed by atoms with van der Waals surface area (Å²) in [7, 11) is 0.